The SMILES string of the molecule is Cc1cccc(Oc2cccc3nc(NC(=O)C4CC4)nn23)c1. The molecule has 0 bridgehead atoms. The van der Waals surface area contributed by atoms with Gasteiger partial charge in [0, 0.05) is 12.0 Å². The number of hydrogen-bond acceptors (Lipinski definition) is 4. The van der Waals surface area contributed by atoms with Gasteiger partial charge < -0.3 is 4.74 Å². The molecule has 2 heterocycles. The average Bonchev–Trinajstić information content (AvgIpc) is 3.29. The van der Waals surface area contributed by atoms with Gasteiger partial charge in [-0.2, -0.15) is 9.50 Å². The lowest BCUT2D eigenvalue weighted by Gasteiger charge is -2.07. The molecule has 0 spiro atoms. The first kappa shape index (κ1) is 13.8. The van der Waals surface area contributed by atoms with E-state index in [1.165, 1.54) is 0 Å². The van der Waals surface area contributed by atoms with Crippen LogP contribution in [0.25, 0.3) is 5.65 Å². The van der Waals surface area contributed by atoms with Gasteiger partial charge in [-0.3, -0.25) is 10.1 Å². The standard InChI is InChI=1S/C17H16N4O2/c1-11-4-2-5-13(10-11)23-15-7-3-6-14-18-17(20-21(14)15)19-16(22)12-8-9-12/h2-7,10,12H,8-9H2,1H3,(H,19,20,22). The number of hydrogen-bond donors (Lipinski definition) is 1. The third-order valence-electron chi connectivity index (χ3n) is 3.72. The Bertz CT molecular complexity index is 883. The van der Waals surface area contributed by atoms with Crippen molar-refractivity contribution in [3.05, 3.63) is 48.0 Å². The highest BCUT2D eigenvalue weighted by atomic mass is 16.5. The van der Waals surface area contributed by atoms with Gasteiger partial charge in [0.2, 0.25) is 17.7 Å². The van der Waals surface area contributed by atoms with E-state index in [0.29, 0.717) is 17.5 Å². The Kier molecular flexibility index (Phi) is 3.22. The second-order valence-electron chi connectivity index (χ2n) is 5.75. The second kappa shape index (κ2) is 5.39. The largest absolute Gasteiger partial charge is 0.439 e. The van der Waals surface area contributed by atoms with Gasteiger partial charge in [0.05, 0.1) is 0 Å². The average molecular weight is 308 g/mol. The molecule has 0 unspecified atom stereocenters. The molecule has 1 fully saturated rings. The van der Waals surface area contributed by atoms with E-state index in [1.807, 2.05) is 49.4 Å². The maximum Gasteiger partial charge on any atom is 0.249 e. The third-order valence-corrected chi connectivity index (χ3v) is 3.72. The summed E-state index contributed by atoms with van der Waals surface area (Å²) in [6.45, 7) is 2.01. The predicted molar refractivity (Wildman–Crippen MR) is 85.6 cm³/mol. The molecule has 2 aromatic heterocycles. The summed E-state index contributed by atoms with van der Waals surface area (Å²) in [7, 11) is 0. The Balaban J connectivity index is 1.64. The third kappa shape index (κ3) is 2.88. The monoisotopic (exact) mass is 308 g/mol. The van der Waals surface area contributed by atoms with Crippen molar-refractivity contribution in [3.8, 4) is 11.6 Å². The minimum Gasteiger partial charge on any atom is -0.439 e. The fraction of sp³-hybridized carbons (Fsp3) is 0.235. The number of nitrogens with zero attached hydrogens (tertiary/aromatic N) is 3. The summed E-state index contributed by atoms with van der Waals surface area (Å²) in [4.78, 5) is 16.2. The van der Waals surface area contributed by atoms with E-state index in [-0.39, 0.29) is 11.8 Å². The van der Waals surface area contributed by atoms with Crippen LogP contribution in [0.1, 0.15) is 18.4 Å². The zero-order valence-corrected chi connectivity index (χ0v) is 12.7. The summed E-state index contributed by atoms with van der Waals surface area (Å²) in [5.41, 5.74) is 1.74. The molecule has 1 aliphatic carbocycles. The molecule has 1 aliphatic rings. The van der Waals surface area contributed by atoms with Crippen molar-refractivity contribution >= 4 is 17.5 Å². The van der Waals surface area contributed by atoms with E-state index in [4.69, 9.17) is 4.74 Å². The predicted octanol–water partition coefficient (Wildman–Crippen LogP) is 3.18. The Hall–Kier alpha value is -2.89. The van der Waals surface area contributed by atoms with Gasteiger partial charge in [-0.05, 0) is 43.5 Å². The van der Waals surface area contributed by atoms with Crippen LogP contribution in [0.3, 0.4) is 0 Å². The molecule has 3 aromatic rings. The molecule has 1 aromatic carbocycles. The minimum absolute atomic E-state index is 0.0120. The van der Waals surface area contributed by atoms with E-state index < -0.39 is 0 Å². The molecule has 0 aliphatic heterocycles. The van der Waals surface area contributed by atoms with E-state index in [9.17, 15) is 4.79 Å². The van der Waals surface area contributed by atoms with Crippen molar-refractivity contribution in [2.45, 2.75) is 19.8 Å². The van der Waals surface area contributed by atoms with Gasteiger partial charge in [0.1, 0.15) is 5.75 Å². The Morgan fingerprint density at radius 2 is 2.09 bits per heavy atom. The van der Waals surface area contributed by atoms with Gasteiger partial charge in [-0.15, -0.1) is 5.10 Å². The number of aryl methyl sites for hydroxylation is 1. The highest BCUT2D eigenvalue weighted by Gasteiger charge is 2.30. The summed E-state index contributed by atoms with van der Waals surface area (Å²) < 4.78 is 7.49. The Morgan fingerprint density at radius 1 is 1.26 bits per heavy atom. The van der Waals surface area contributed by atoms with Crippen molar-refractivity contribution in [1.82, 2.24) is 14.6 Å². The van der Waals surface area contributed by atoms with Crippen LogP contribution in [-0.2, 0) is 4.79 Å². The summed E-state index contributed by atoms with van der Waals surface area (Å²) in [6, 6.07) is 13.3. The van der Waals surface area contributed by atoms with Gasteiger partial charge in [-0.1, -0.05) is 18.2 Å². The lowest BCUT2D eigenvalue weighted by Crippen LogP contribution is -2.14. The highest BCUT2D eigenvalue weighted by Crippen LogP contribution is 2.30. The zero-order chi connectivity index (χ0) is 15.8. The molecule has 23 heavy (non-hydrogen) atoms. The van der Waals surface area contributed by atoms with Crippen molar-refractivity contribution in [1.29, 1.82) is 0 Å². The number of fused-ring (bicyclic) bond motifs is 1. The number of carbonyl (C=O) groups excluding carboxylic acids is 1. The molecule has 4 rings (SSSR count). The van der Waals surface area contributed by atoms with Crippen LogP contribution >= 0.6 is 0 Å². The summed E-state index contributed by atoms with van der Waals surface area (Å²) >= 11 is 0. The summed E-state index contributed by atoms with van der Waals surface area (Å²) in [6.07, 6.45) is 1.89. The molecule has 1 N–H and O–H groups in total. The van der Waals surface area contributed by atoms with Crippen LogP contribution in [0, 0.1) is 12.8 Å². The van der Waals surface area contributed by atoms with E-state index in [2.05, 4.69) is 15.4 Å². The second-order valence-corrected chi connectivity index (χ2v) is 5.75. The summed E-state index contributed by atoms with van der Waals surface area (Å²) in [5.74, 6) is 1.69. The molecule has 0 saturated heterocycles. The van der Waals surface area contributed by atoms with Crippen LogP contribution in [0.5, 0.6) is 11.6 Å². The number of pyridine rings is 1. The number of amides is 1. The molecule has 0 radical (unpaired) electrons. The number of rotatable bonds is 4. The van der Waals surface area contributed by atoms with Crippen molar-refractivity contribution in [3.63, 3.8) is 0 Å². The quantitative estimate of drug-likeness (QED) is 0.803. The van der Waals surface area contributed by atoms with Crippen LogP contribution in [0.2, 0.25) is 0 Å². The number of ether oxygens (including phenoxy) is 1. The smallest absolute Gasteiger partial charge is 0.249 e. The number of benzene rings is 1. The molecule has 1 saturated carbocycles. The Labute approximate surface area is 133 Å². The normalized spacial score (nSPS) is 14.0. The number of carbonyl (C=O) groups is 1. The minimum atomic E-state index is -0.0120. The Morgan fingerprint density at radius 3 is 2.87 bits per heavy atom. The number of nitrogens with one attached hydrogen (secondary N) is 1. The number of aromatic nitrogens is 3. The highest BCUT2D eigenvalue weighted by molar-refractivity contribution is 5.92. The molecule has 6 nitrogen and oxygen atoms in total. The first-order valence-corrected chi connectivity index (χ1v) is 7.60. The van der Waals surface area contributed by atoms with Gasteiger partial charge >= 0.3 is 0 Å². The molecule has 6 heteroatoms. The van der Waals surface area contributed by atoms with E-state index >= 15 is 0 Å². The molecular formula is C17H16N4O2. The first-order chi connectivity index (χ1) is 11.2. The van der Waals surface area contributed by atoms with Gasteiger partial charge in [0.25, 0.3) is 0 Å². The van der Waals surface area contributed by atoms with E-state index in [1.54, 1.807) is 4.52 Å². The molecule has 1 amide bonds. The maximum atomic E-state index is 11.8. The van der Waals surface area contributed by atoms with Crippen LogP contribution in [-0.4, -0.2) is 20.5 Å². The van der Waals surface area contributed by atoms with Crippen molar-refractivity contribution in [2.24, 2.45) is 5.92 Å². The van der Waals surface area contributed by atoms with Crippen LogP contribution in [0.4, 0.5) is 5.95 Å². The fourth-order valence-corrected chi connectivity index (χ4v) is 2.37. The molecule has 0 atom stereocenters. The van der Waals surface area contributed by atoms with Crippen LogP contribution < -0.4 is 10.1 Å². The molecular weight excluding hydrogens is 292 g/mol. The van der Waals surface area contributed by atoms with Gasteiger partial charge in [-0.25, -0.2) is 0 Å². The first-order valence-electron chi connectivity index (χ1n) is 7.60. The summed E-state index contributed by atoms with van der Waals surface area (Å²) in [5, 5.41) is 7.09. The zero-order valence-electron chi connectivity index (χ0n) is 12.7. The number of anilines is 1. The lowest BCUT2D eigenvalue weighted by molar-refractivity contribution is -0.117. The topological polar surface area (TPSA) is 68.5 Å². The molecule has 116 valence electrons. The van der Waals surface area contributed by atoms with Crippen LogP contribution in [0.15, 0.2) is 42.5 Å². The van der Waals surface area contributed by atoms with Crippen molar-refractivity contribution < 1.29 is 9.53 Å². The maximum absolute atomic E-state index is 11.8. The van der Waals surface area contributed by atoms with E-state index in [0.717, 1.165) is 24.2 Å². The lowest BCUT2D eigenvalue weighted by atomic mass is 10.2. The van der Waals surface area contributed by atoms with Crippen molar-refractivity contribution in [2.75, 3.05) is 5.32 Å². The fourth-order valence-electron chi connectivity index (χ4n) is 2.37. The van der Waals surface area contributed by atoms with Gasteiger partial charge in [0.15, 0.2) is 5.65 Å².